The number of hydrogen-bond donors (Lipinski definition) is 0. The molecule has 0 bridgehead atoms. The van der Waals surface area contributed by atoms with E-state index in [0.717, 1.165) is 37.0 Å². The van der Waals surface area contributed by atoms with E-state index < -0.39 is 46.5 Å². The lowest BCUT2D eigenvalue weighted by atomic mass is 9.68. The van der Waals surface area contributed by atoms with E-state index in [0.29, 0.717) is 42.9 Å². The summed E-state index contributed by atoms with van der Waals surface area (Å²) < 4.78 is 106. The van der Waals surface area contributed by atoms with Gasteiger partial charge in [-0.05, 0) is 104 Å². The van der Waals surface area contributed by atoms with Crippen molar-refractivity contribution >= 4 is 10.8 Å². The largest absolute Gasteiger partial charge is 0.429 e. The van der Waals surface area contributed by atoms with Crippen molar-refractivity contribution in [2.24, 2.45) is 17.8 Å². The smallest absolute Gasteiger partial charge is 0.426 e. The van der Waals surface area contributed by atoms with Crippen LogP contribution in [0.15, 0.2) is 36.4 Å². The van der Waals surface area contributed by atoms with Crippen molar-refractivity contribution in [2.75, 3.05) is 0 Å². The number of rotatable bonds is 7. The van der Waals surface area contributed by atoms with Gasteiger partial charge in [0.1, 0.15) is 17.4 Å². The van der Waals surface area contributed by atoms with Crippen LogP contribution in [0.4, 0.5) is 30.7 Å². The second-order valence-corrected chi connectivity index (χ2v) is 11.5. The van der Waals surface area contributed by atoms with Crippen LogP contribution in [0.25, 0.3) is 10.8 Å². The second-order valence-electron chi connectivity index (χ2n) is 11.5. The summed E-state index contributed by atoms with van der Waals surface area (Å²) in [5.41, 5.74) is -1.18. The third kappa shape index (κ3) is 5.82. The van der Waals surface area contributed by atoms with Gasteiger partial charge in [-0.15, -0.1) is 0 Å². The van der Waals surface area contributed by atoms with Gasteiger partial charge < -0.3 is 4.74 Å². The average molecular weight is 567 g/mol. The molecule has 0 unspecified atom stereocenters. The van der Waals surface area contributed by atoms with Gasteiger partial charge >= 0.3 is 6.11 Å². The molecule has 2 aliphatic carbocycles. The SMILES string of the molecule is CCC[C@H]1CC[C@H](C2CCC(c3c(F)cc(C(F)(F)Oc4ccc5c(F)c(F)c(F)cc5c4)cc3F)CC2)CC1. The summed E-state index contributed by atoms with van der Waals surface area (Å²) in [7, 11) is 0. The van der Waals surface area contributed by atoms with E-state index in [1.54, 1.807) is 0 Å². The van der Waals surface area contributed by atoms with Gasteiger partial charge in [-0.25, -0.2) is 22.0 Å². The van der Waals surface area contributed by atoms with Crippen LogP contribution in [-0.2, 0) is 6.11 Å². The Bertz CT molecular complexity index is 1330. The summed E-state index contributed by atoms with van der Waals surface area (Å²) in [6, 6.07) is 4.66. The number of alkyl halides is 2. The molecule has 0 spiro atoms. The molecule has 8 heteroatoms. The minimum Gasteiger partial charge on any atom is -0.429 e. The standard InChI is InChI=1S/C32H33F7O/c1-2-3-18-4-6-19(7-5-18)20-8-10-21(11-9-20)29-26(33)16-23(17-27(29)34)32(38,39)40-24-12-13-25-22(14-24)15-28(35)31(37)30(25)36/h12-21H,2-11H2,1H3/t18-,19-,20?,21?. The Morgan fingerprint density at radius 1 is 0.725 bits per heavy atom. The van der Waals surface area contributed by atoms with Gasteiger partial charge in [0.2, 0.25) is 0 Å². The van der Waals surface area contributed by atoms with Crippen LogP contribution in [0.1, 0.15) is 88.2 Å². The third-order valence-electron chi connectivity index (χ3n) is 9.04. The Hall–Kier alpha value is -2.77. The molecular formula is C32H33F7O. The quantitative estimate of drug-likeness (QED) is 0.204. The highest BCUT2D eigenvalue weighted by atomic mass is 19.3. The normalized spacial score (nSPS) is 23.9. The summed E-state index contributed by atoms with van der Waals surface area (Å²) in [4.78, 5) is 0. The average Bonchev–Trinajstić information content (AvgIpc) is 2.92. The molecular weight excluding hydrogens is 533 g/mol. The summed E-state index contributed by atoms with van der Waals surface area (Å²) in [6.45, 7) is 2.22. The molecule has 5 rings (SSSR count). The van der Waals surface area contributed by atoms with E-state index in [9.17, 15) is 22.0 Å². The first-order valence-corrected chi connectivity index (χ1v) is 14.2. The van der Waals surface area contributed by atoms with Crippen molar-refractivity contribution in [3.05, 3.63) is 76.6 Å². The topological polar surface area (TPSA) is 9.23 Å². The molecule has 0 N–H and O–H groups in total. The molecule has 2 aliphatic rings. The third-order valence-corrected chi connectivity index (χ3v) is 9.04. The highest BCUT2D eigenvalue weighted by Crippen LogP contribution is 2.46. The summed E-state index contributed by atoms with van der Waals surface area (Å²) in [5, 5.41) is -0.531. The van der Waals surface area contributed by atoms with Crippen LogP contribution in [-0.4, -0.2) is 0 Å². The first-order chi connectivity index (χ1) is 19.1. The van der Waals surface area contributed by atoms with Gasteiger partial charge in [0.15, 0.2) is 17.5 Å². The van der Waals surface area contributed by atoms with Crippen molar-refractivity contribution < 1.29 is 35.5 Å². The maximum atomic E-state index is 15.1. The highest BCUT2D eigenvalue weighted by Gasteiger charge is 2.38. The van der Waals surface area contributed by atoms with Crippen molar-refractivity contribution in [1.29, 1.82) is 0 Å². The van der Waals surface area contributed by atoms with Crippen LogP contribution in [0, 0.1) is 46.8 Å². The van der Waals surface area contributed by atoms with Crippen molar-refractivity contribution in [1.82, 2.24) is 0 Å². The van der Waals surface area contributed by atoms with E-state index in [4.69, 9.17) is 4.74 Å². The Kier molecular flexibility index (Phi) is 8.35. The molecule has 0 amide bonds. The van der Waals surface area contributed by atoms with Crippen molar-refractivity contribution in [2.45, 2.75) is 83.2 Å². The molecule has 0 aromatic heterocycles. The van der Waals surface area contributed by atoms with Gasteiger partial charge in [0, 0.05) is 10.9 Å². The zero-order chi connectivity index (χ0) is 28.6. The molecule has 0 radical (unpaired) electrons. The van der Waals surface area contributed by atoms with Crippen LogP contribution in [0.2, 0.25) is 0 Å². The number of benzene rings is 3. The molecule has 0 aliphatic heterocycles. The highest BCUT2D eigenvalue weighted by molar-refractivity contribution is 5.84. The van der Waals surface area contributed by atoms with Gasteiger partial charge in [-0.3, -0.25) is 0 Å². The Morgan fingerprint density at radius 2 is 1.32 bits per heavy atom. The van der Waals surface area contributed by atoms with E-state index in [-0.39, 0.29) is 22.3 Å². The fourth-order valence-corrected chi connectivity index (χ4v) is 6.93. The Morgan fingerprint density at radius 3 is 1.93 bits per heavy atom. The van der Waals surface area contributed by atoms with Crippen LogP contribution in [0.5, 0.6) is 5.75 Å². The fourth-order valence-electron chi connectivity index (χ4n) is 6.93. The summed E-state index contributed by atoms with van der Waals surface area (Å²) in [5.74, 6) is -5.56. The predicted octanol–water partition coefficient (Wildman–Crippen LogP) is 10.5. The minimum absolute atomic E-state index is 0.164. The lowest BCUT2D eigenvalue weighted by molar-refractivity contribution is -0.185. The molecule has 3 aromatic carbocycles. The number of ether oxygens (including phenoxy) is 1. The zero-order valence-corrected chi connectivity index (χ0v) is 22.4. The van der Waals surface area contributed by atoms with Crippen molar-refractivity contribution in [3.8, 4) is 5.75 Å². The molecule has 0 saturated heterocycles. The first-order valence-electron chi connectivity index (χ1n) is 14.2. The van der Waals surface area contributed by atoms with E-state index in [1.807, 2.05) is 0 Å². The predicted molar refractivity (Wildman–Crippen MR) is 140 cm³/mol. The van der Waals surface area contributed by atoms with Gasteiger partial charge in [-0.1, -0.05) is 32.6 Å². The Labute approximate surface area is 229 Å². The number of fused-ring (bicyclic) bond motifs is 1. The monoisotopic (exact) mass is 566 g/mol. The van der Waals surface area contributed by atoms with Crippen LogP contribution < -0.4 is 4.74 Å². The molecule has 2 fully saturated rings. The molecule has 216 valence electrons. The zero-order valence-electron chi connectivity index (χ0n) is 22.4. The minimum atomic E-state index is -4.14. The molecule has 0 atom stereocenters. The molecule has 2 saturated carbocycles. The molecule has 3 aromatic rings. The van der Waals surface area contributed by atoms with E-state index in [2.05, 4.69) is 6.92 Å². The first kappa shape index (κ1) is 28.7. The molecule has 40 heavy (non-hydrogen) atoms. The second kappa shape index (κ2) is 11.6. The van der Waals surface area contributed by atoms with Crippen LogP contribution >= 0.6 is 0 Å². The molecule has 1 nitrogen and oxygen atoms in total. The molecule has 0 heterocycles. The lowest BCUT2D eigenvalue weighted by Crippen LogP contribution is -2.26. The van der Waals surface area contributed by atoms with E-state index >= 15 is 8.78 Å². The van der Waals surface area contributed by atoms with Gasteiger partial charge in [0.05, 0.1) is 5.56 Å². The maximum Gasteiger partial charge on any atom is 0.426 e. The van der Waals surface area contributed by atoms with E-state index in [1.165, 1.54) is 38.5 Å². The Balaban J connectivity index is 1.27. The summed E-state index contributed by atoms with van der Waals surface area (Å²) in [6.07, 6.45) is 6.27. The van der Waals surface area contributed by atoms with Crippen molar-refractivity contribution in [3.63, 3.8) is 0 Å². The number of halogens is 7. The van der Waals surface area contributed by atoms with Gasteiger partial charge in [-0.2, -0.15) is 8.78 Å². The number of hydrogen-bond acceptors (Lipinski definition) is 1. The van der Waals surface area contributed by atoms with Crippen LogP contribution in [0.3, 0.4) is 0 Å². The van der Waals surface area contributed by atoms with Gasteiger partial charge in [0.25, 0.3) is 0 Å². The maximum absolute atomic E-state index is 15.1. The lowest BCUT2D eigenvalue weighted by Gasteiger charge is -2.38. The fraction of sp³-hybridized carbons (Fsp3) is 0.500. The summed E-state index contributed by atoms with van der Waals surface area (Å²) >= 11 is 0.